The second-order valence-corrected chi connectivity index (χ2v) is 7.33. The number of carbonyl (C=O) groups is 1. The van der Waals surface area contributed by atoms with Crippen LogP contribution in [0.3, 0.4) is 0 Å². The lowest BCUT2D eigenvalue weighted by Gasteiger charge is -2.22. The minimum atomic E-state index is -0.252. The van der Waals surface area contributed by atoms with Crippen LogP contribution >= 0.6 is 11.8 Å². The molecule has 1 N–H and O–H groups in total. The molecule has 0 aliphatic carbocycles. The van der Waals surface area contributed by atoms with E-state index in [1.165, 1.54) is 0 Å². The average molecular weight is 261 g/mol. The Morgan fingerprint density at radius 2 is 1.82 bits per heavy atom. The first-order valence-electron chi connectivity index (χ1n) is 6.12. The molecule has 0 aliphatic heterocycles. The van der Waals surface area contributed by atoms with Crippen molar-refractivity contribution >= 4 is 17.7 Å². The van der Waals surface area contributed by atoms with Crippen LogP contribution in [-0.2, 0) is 9.53 Å². The summed E-state index contributed by atoms with van der Waals surface area (Å²) in [5, 5.41) is 2.88. The maximum absolute atomic E-state index is 11.4. The zero-order chi connectivity index (χ0) is 13.5. The normalized spacial score (nSPS) is 12.6. The Morgan fingerprint density at radius 3 is 2.29 bits per heavy atom. The van der Waals surface area contributed by atoms with Crippen molar-refractivity contribution in [3.8, 4) is 0 Å². The molecule has 0 saturated heterocycles. The third kappa shape index (κ3) is 10.6. The van der Waals surface area contributed by atoms with E-state index < -0.39 is 0 Å². The maximum atomic E-state index is 11.4. The van der Waals surface area contributed by atoms with Gasteiger partial charge in [-0.3, -0.25) is 4.79 Å². The van der Waals surface area contributed by atoms with Crippen molar-refractivity contribution in [3.05, 3.63) is 0 Å². The van der Waals surface area contributed by atoms with Gasteiger partial charge in [-0.15, -0.1) is 0 Å². The molecule has 0 aliphatic rings. The smallest absolute Gasteiger partial charge is 0.246 e. The maximum Gasteiger partial charge on any atom is 0.246 e. The molecule has 0 spiro atoms. The Kier molecular flexibility index (Phi) is 7.17. The van der Waals surface area contributed by atoms with E-state index in [1.807, 2.05) is 32.5 Å². The van der Waals surface area contributed by atoms with Crippen molar-refractivity contribution in [2.45, 2.75) is 57.8 Å². The van der Waals surface area contributed by atoms with Crippen molar-refractivity contribution in [1.82, 2.24) is 5.32 Å². The number of carbonyl (C=O) groups excluding carboxylic acids is 1. The van der Waals surface area contributed by atoms with Crippen LogP contribution in [-0.4, -0.2) is 35.7 Å². The molecule has 0 aromatic carbocycles. The summed E-state index contributed by atoms with van der Waals surface area (Å²) in [6, 6.07) is 0. The molecule has 0 rings (SSSR count). The van der Waals surface area contributed by atoms with E-state index >= 15 is 0 Å². The fourth-order valence-corrected chi connectivity index (χ4v) is 1.53. The van der Waals surface area contributed by atoms with Gasteiger partial charge in [-0.2, -0.15) is 11.8 Å². The second kappa shape index (κ2) is 7.27. The molecule has 0 heterocycles. The van der Waals surface area contributed by atoms with Crippen LogP contribution in [0.1, 0.15) is 47.5 Å². The Hall–Kier alpha value is -0.220. The van der Waals surface area contributed by atoms with Crippen LogP contribution in [0.4, 0.5) is 0 Å². The fourth-order valence-electron chi connectivity index (χ4n) is 1.18. The molecule has 0 unspecified atom stereocenters. The molecule has 0 saturated carbocycles. The Bertz CT molecular complexity index is 234. The molecule has 0 aromatic heterocycles. The monoisotopic (exact) mass is 261 g/mol. The lowest BCUT2D eigenvalue weighted by atomic mass is 10.1. The molecule has 102 valence electrons. The largest absolute Gasteiger partial charge is 0.366 e. The van der Waals surface area contributed by atoms with Gasteiger partial charge in [0.1, 0.15) is 6.61 Å². The molecule has 0 aromatic rings. The van der Waals surface area contributed by atoms with Crippen molar-refractivity contribution in [3.63, 3.8) is 0 Å². The number of rotatable bonds is 7. The van der Waals surface area contributed by atoms with Crippen LogP contribution in [0.5, 0.6) is 0 Å². The predicted molar refractivity (Wildman–Crippen MR) is 75.5 cm³/mol. The van der Waals surface area contributed by atoms with Crippen molar-refractivity contribution in [2.24, 2.45) is 0 Å². The topological polar surface area (TPSA) is 38.3 Å². The van der Waals surface area contributed by atoms with Gasteiger partial charge < -0.3 is 10.1 Å². The minimum Gasteiger partial charge on any atom is -0.366 e. The van der Waals surface area contributed by atoms with Gasteiger partial charge in [-0.1, -0.05) is 13.8 Å². The summed E-state index contributed by atoms with van der Waals surface area (Å²) in [5.41, 5.74) is -0.252. The summed E-state index contributed by atoms with van der Waals surface area (Å²) in [4.78, 5) is 11.4. The van der Waals surface area contributed by atoms with E-state index in [0.29, 0.717) is 4.75 Å². The summed E-state index contributed by atoms with van der Waals surface area (Å²) in [6.45, 7) is 11.2. The average Bonchev–Trinajstić information content (AvgIpc) is 2.20. The van der Waals surface area contributed by atoms with Gasteiger partial charge in [0.15, 0.2) is 0 Å². The van der Waals surface area contributed by atoms with Crippen LogP contribution in [0.25, 0.3) is 0 Å². The van der Waals surface area contributed by atoms with Gasteiger partial charge in [0.2, 0.25) is 5.91 Å². The van der Waals surface area contributed by atoms with E-state index in [2.05, 4.69) is 25.4 Å². The number of ether oxygens (including phenoxy) is 1. The molecule has 0 atom stereocenters. The highest BCUT2D eigenvalue weighted by molar-refractivity contribution is 7.99. The first kappa shape index (κ1) is 16.8. The molecule has 1 amide bonds. The predicted octanol–water partition coefficient (Wildman–Crippen LogP) is 2.84. The summed E-state index contributed by atoms with van der Waals surface area (Å²) in [5.74, 6) is -0.0260. The van der Waals surface area contributed by atoms with E-state index in [4.69, 9.17) is 4.74 Å². The molecule has 0 bridgehead atoms. The highest BCUT2D eigenvalue weighted by atomic mass is 32.2. The van der Waals surface area contributed by atoms with Gasteiger partial charge in [-0.05, 0) is 39.9 Å². The Balaban J connectivity index is 3.59. The third-order valence-corrected chi connectivity index (χ3v) is 3.78. The molecule has 0 fully saturated rings. The summed E-state index contributed by atoms with van der Waals surface area (Å²) in [6.07, 6.45) is 4.24. The zero-order valence-corrected chi connectivity index (χ0v) is 12.9. The van der Waals surface area contributed by atoms with Gasteiger partial charge >= 0.3 is 0 Å². The second-order valence-electron chi connectivity index (χ2n) is 5.82. The summed E-state index contributed by atoms with van der Waals surface area (Å²) in [7, 11) is 0. The molecule has 0 radical (unpaired) electrons. The van der Waals surface area contributed by atoms with Crippen LogP contribution in [0.15, 0.2) is 0 Å². The number of nitrogens with one attached hydrogen (secondary N) is 1. The van der Waals surface area contributed by atoms with E-state index in [1.54, 1.807) is 0 Å². The van der Waals surface area contributed by atoms with Gasteiger partial charge in [0.05, 0.1) is 5.60 Å². The minimum absolute atomic E-state index is 0.0260. The number of thioether (sulfide) groups is 1. The Labute approximate surface area is 110 Å². The van der Waals surface area contributed by atoms with E-state index in [9.17, 15) is 4.79 Å². The number of hydrogen-bond acceptors (Lipinski definition) is 3. The third-order valence-electron chi connectivity index (χ3n) is 2.47. The van der Waals surface area contributed by atoms with Gasteiger partial charge in [0, 0.05) is 11.3 Å². The van der Waals surface area contributed by atoms with Crippen LogP contribution in [0.2, 0.25) is 0 Å². The molecular weight excluding hydrogens is 234 g/mol. The van der Waals surface area contributed by atoms with E-state index in [-0.39, 0.29) is 18.1 Å². The van der Waals surface area contributed by atoms with Crippen LogP contribution in [0, 0.1) is 0 Å². The van der Waals surface area contributed by atoms with Gasteiger partial charge in [0.25, 0.3) is 0 Å². The van der Waals surface area contributed by atoms with E-state index in [0.717, 1.165) is 19.4 Å². The molecule has 17 heavy (non-hydrogen) atoms. The summed E-state index contributed by atoms with van der Waals surface area (Å²) >= 11 is 1.86. The van der Waals surface area contributed by atoms with Gasteiger partial charge in [-0.25, -0.2) is 0 Å². The quantitative estimate of drug-likeness (QED) is 0.716. The number of amides is 1. The fraction of sp³-hybridized carbons (Fsp3) is 0.923. The number of hydrogen-bond donors (Lipinski definition) is 1. The van der Waals surface area contributed by atoms with Crippen LogP contribution < -0.4 is 5.32 Å². The highest BCUT2D eigenvalue weighted by Gasteiger charge is 2.15. The first-order valence-corrected chi connectivity index (χ1v) is 7.34. The summed E-state index contributed by atoms with van der Waals surface area (Å²) < 4.78 is 5.69. The zero-order valence-electron chi connectivity index (χ0n) is 12.1. The molecule has 4 heteroatoms. The van der Waals surface area contributed by atoms with Crippen molar-refractivity contribution in [2.75, 3.05) is 19.4 Å². The standard InChI is InChI=1S/C13H27NO2S/c1-12(2,3)16-10-11(15)14-9-7-8-13(4,5)17-6/h7-10H2,1-6H3,(H,14,15). The molecular formula is C13H27NO2S. The highest BCUT2D eigenvalue weighted by Crippen LogP contribution is 2.26. The molecule has 3 nitrogen and oxygen atoms in total. The lowest BCUT2D eigenvalue weighted by molar-refractivity contribution is -0.130. The van der Waals surface area contributed by atoms with Crippen molar-refractivity contribution < 1.29 is 9.53 Å². The SMILES string of the molecule is CSC(C)(C)CCCNC(=O)COC(C)(C)C. The first-order chi connectivity index (χ1) is 7.66. The lowest BCUT2D eigenvalue weighted by Crippen LogP contribution is -2.33. The van der Waals surface area contributed by atoms with Crippen molar-refractivity contribution in [1.29, 1.82) is 0 Å². The Morgan fingerprint density at radius 1 is 1.24 bits per heavy atom.